The zero-order valence-electron chi connectivity index (χ0n) is 19.1. The number of aromatic hydroxyl groups is 1. The molecule has 0 radical (unpaired) electrons. The number of ether oxygens (including phenoxy) is 1. The highest BCUT2D eigenvalue weighted by atomic mass is 35.5. The van der Waals surface area contributed by atoms with Crippen LogP contribution in [0.4, 0.5) is 17.1 Å². The summed E-state index contributed by atoms with van der Waals surface area (Å²) in [6.07, 6.45) is 0. The van der Waals surface area contributed by atoms with Crippen LogP contribution in [0.2, 0.25) is 5.02 Å². The van der Waals surface area contributed by atoms with Gasteiger partial charge in [-0.05, 0) is 60.3 Å². The van der Waals surface area contributed by atoms with Gasteiger partial charge in [0.15, 0.2) is 5.75 Å². The van der Waals surface area contributed by atoms with Gasteiger partial charge in [-0.15, -0.1) is 10.2 Å². The largest absolute Gasteiger partial charge is 0.505 e. The SMILES string of the molecule is COc1ccc(NC(=O)c2cc3ccccc3c(N=Nc3cc(Cl)c(C)cc3S(=O)(=O)O)c2O)cc1. The molecule has 36 heavy (non-hydrogen) atoms. The first-order chi connectivity index (χ1) is 17.1. The Kier molecular flexibility index (Phi) is 6.93. The van der Waals surface area contributed by atoms with E-state index in [1.54, 1.807) is 55.5 Å². The van der Waals surface area contributed by atoms with Crippen LogP contribution in [0.5, 0.6) is 11.5 Å². The Bertz CT molecular complexity index is 1620. The molecule has 0 heterocycles. The van der Waals surface area contributed by atoms with Gasteiger partial charge < -0.3 is 15.2 Å². The molecule has 0 bridgehead atoms. The Labute approximate surface area is 211 Å². The van der Waals surface area contributed by atoms with Gasteiger partial charge in [0.1, 0.15) is 22.0 Å². The summed E-state index contributed by atoms with van der Waals surface area (Å²) in [7, 11) is -3.11. The molecule has 4 aromatic carbocycles. The molecule has 11 heteroatoms. The normalized spacial score (nSPS) is 11.7. The van der Waals surface area contributed by atoms with Crippen molar-refractivity contribution in [2.24, 2.45) is 10.2 Å². The lowest BCUT2D eigenvalue weighted by molar-refractivity contribution is 0.102. The molecule has 0 aliphatic heterocycles. The van der Waals surface area contributed by atoms with Crippen molar-refractivity contribution in [3.05, 3.63) is 82.9 Å². The number of benzene rings is 4. The number of anilines is 1. The summed E-state index contributed by atoms with van der Waals surface area (Å²) in [6, 6.07) is 17.4. The first-order valence-electron chi connectivity index (χ1n) is 10.5. The summed E-state index contributed by atoms with van der Waals surface area (Å²) in [4.78, 5) is 12.5. The number of nitrogens with zero attached hydrogens (tertiary/aromatic N) is 2. The topological polar surface area (TPSA) is 138 Å². The fraction of sp³-hybridized carbons (Fsp3) is 0.0800. The minimum Gasteiger partial charge on any atom is -0.505 e. The van der Waals surface area contributed by atoms with Crippen molar-refractivity contribution in [1.82, 2.24) is 0 Å². The van der Waals surface area contributed by atoms with E-state index in [0.717, 1.165) is 0 Å². The molecule has 0 saturated carbocycles. The molecule has 0 atom stereocenters. The fourth-order valence-corrected chi connectivity index (χ4v) is 4.35. The highest BCUT2D eigenvalue weighted by Gasteiger charge is 2.21. The first-order valence-corrected chi connectivity index (χ1v) is 12.3. The molecule has 0 aliphatic rings. The Morgan fingerprint density at radius 3 is 2.39 bits per heavy atom. The molecule has 0 spiro atoms. The first kappa shape index (κ1) is 25.1. The van der Waals surface area contributed by atoms with Crippen LogP contribution in [0.25, 0.3) is 10.8 Å². The number of halogens is 1. The minimum absolute atomic E-state index is 0.0639. The van der Waals surface area contributed by atoms with Crippen LogP contribution >= 0.6 is 11.6 Å². The van der Waals surface area contributed by atoms with Gasteiger partial charge in [0.2, 0.25) is 0 Å². The van der Waals surface area contributed by atoms with Gasteiger partial charge in [0.25, 0.3) is 16.0 Å². The lowest BCUT2D eigenvalue weighted by Crippen LogP contribution is -2.12. The average molecular weight is 526 g/mol. The van der Waals surface area contributed by atoms with Gasteiger partial charge in [-0.3, -0.25) is 9.35 Å². The van der Waals surface area contributed by atoms with E-state index in [4.69, 9.17) is 16.3 Å². The van der Waals surface area contributed by atoms with Crippen LogP contribution in [0, 0.1) is 6.92 Å². The molecule has 4 rings (SSSR count). The number of carbonyl (C=O) groups is 1. The van der Waals surface area contributed by atoms with E-state index in [1.165, 1.54) is 25.3 Å². The summed E-state index contributed by atoms with van der Waals surface area (Å²) in [5, 5.41) is 23.0. The van der Waals surface area contributed by atoms with Crippen LogP contribution in [0.1, 0.15) is 15.9 Å². The Balaban J connectivity index is 1.81. The molecule has 0 aliphatic carbocycles. The summed E-state index contributed by atoms with van der Waals surface area (Å²) in [5.74, 6) is -0.448. The highest BCUT2D eigenvalue weighted by molar-refractivity contribution is 7.86. The molecule has 0 aromatic heterocycles. The van der Waals surface area contributed by atoms with Crippen LogP contribution in [0.15, 0.2) is 81.9 Å². The number of azo groups is 1. The maximum absolute atomic E-state index is 13.0. The molecule has 4 aromatic rings. The summed E-state index contributed by atoms with van der Waals surface area (Å²) in [5.41, 5.74) is 0.517. The van der Waals surface area contributed by atoms with Crippen molar-refractivity contribution in [2.75, 3.05) is 12.4 Å². The van der Waals surface area contributed by atoms with Crippen molar-refractivity contribution < 1.29 is 27.6 Å². The van der Waals surface area contributed by atoms with Crippen LogP contribution in [-0.4, -0.2) is 31.1 Å². The quantitative estimate of drug-likeness (QED) is 0.196. The molecular formula is C25H20ClN3O6S. The molecule has 0 saturated heterocycles. The van der Waals surface area contributed by atoms with Crippen molar-refractivity contribution in [1.29, 1.82) is 0 Å². The number of rotatable bonds is 6. The maximum atomic E-state index is 13.0. The number of nitrogens with one attached hydrogen (secondary N) is 1. The minimum atomic E-state index is -4.64. The number of phenolic OH excluding ortho intramolecular Hbond substituents is 1. The third kappa shape index (κ3) is 5.15. The number of methoxy groups -OCH3 is 1. The highest BCUT2D eigenvalue weighted by Crippen LogP contribution is 2.40. The lowest BCUT2D eigenvalue weighted by atomic mass is 10.0. The zero-order chi connectivity index (χ0) is 26.0. The van der Waals surface area contributed by atoms with Gasteiger partial charge in [-0.25, -0.2) is 0 Å². The number of carbonyl (C=O) groups excluding carboxylic acids is 1. The number of fused-ring (bicyclic) bond motifs is 1. The van der Waals surface area contributed by atoms with E-state index >= 15 is 0 Å². The van der Waals surface area contributed by atoms with Crippen LogP contribution in [-0.2, 0) is 10.1 Å². The van der Waals surface area contributed by atoms with Gasteiger partial charge in [0.05, 0.1) is 12.7 Å². The Morgan fingerprint density at radius 2 is 1.72 bits per heavy atom. The van der Waals surface area contributed by atoms with E-state index in [2.05, 4.69) is 15.5 Å². The number of hydrogen-bond acceptors (Lipinski definition) is 7. The predicted octanol–water partition coefficient (Wildman–Crippen LogP) is 6.43. The third-order valence-corrected chi connectivity index (χ3v) is 6.65. The second-order valence-electron chi connectivity index (χ2n) is 7.77. The van der Waals surface area contributed by atoms with Gasteiger partial charge in [0, 0.05) is 16.1 Å². The molecule has 1 amide bonds. The average Bonchev–Trinajstić information content (AvgIpc) is 2.84. The van der Waals surface area contributed by atoms with Crippen molar-refractivity contribution in [3.63, 3.8) is 0 Å². The fourth-order valence-electron chi connectivity index (χ4n) is 3.50. The van der Waals surface area contributed by atoms with E-state index in [9.17, 15) is 22.9 Å². The van der Waals surface area contributed by atoms with Crippen LogP contribution < -0.4 is 10.1 Å². The van der Waals surface area contributed by atoms with Crippen molar-refractivity contribution >= 4 is 55.5 Å². The van der Waals surface area contributed by atoms with Gasteiger partial charge in [-0.2, -0.15) is 8.42 Å². The number of amides is 1. The Hall–Kier alpha value is -3.99. The van der Waals surface area contributed by atoms with Crippen molar-refractivity contribution in [3.8, 4) is 11.5 Å². The standard InChI is InChI=1S/C25H20ClN3O6S/c1-14-11-22(36(32,33)34)21(13-20(14)26)28-29-23-18-6-4-3-5-15(18)12-19(24(23)30)25(31)27-16-7-9-17(35-2)10-8-16/h3-13,30H,1-2H3,(H,27,31)(H,32,33,34). The van der Waals surface area contributed by atoms with Gasteiger partial charge in [-0.1, -0.05) is 35.9 Å². The van der Waals surface area contributed by atoms with Crippen molar-refractivity contribution in [2.45, 2.75) is 11.8 Å². The summed E-state index contributed by atoms with van der Waals surface area (Å²) >= 11 is 6.12. The van der Waals surface area contributed by atoms with E-state index < -0.39 is 26.7 Å². The number of hydrogen-bond donors (Lipinski definition) is 3. The zero-order valence-corrected chi connectivity index (χ0v) is 20.6. The van der Waals surface area contributed by atoms with Gasteiger partial charge >= 0.3 is 0 Å². The molecular weight excluding hydrogens is 506 g/mol. The number of phenols is 1. The van der Waals surface area contributed by atoms with Crippen LogP contribution in [0.3, 0.4) is 0 Å². The molecule has 184 valence electrons. The summed E-state index contributed by atoms with van der Waals surface area (Å²) in [6.45, 7) is 1.57. The number of aryl methyl sites for hydroxylation is 1. The molecule has 9 nitrogen and oxygen atoms in total. The maximum Gasteiger partial charge on any atom is 0.296 e. The molecule has 0 fully saturated rings. The molecule has 3 N–H and O–H groups in total. The Morgan fingerprint density at radius 1 is 1.03 bits per heavy atom. The third-order valence-electron chi connectivity index (χ3n) is 5.36. The monoisotopic (exact) mass is 525 g/mol. The smallest absolute Gasteiger partial charge is 0.296 e. The summed E-state index contributed by atoms with van der Waals surface area (Å²) < 4.78 is 38.5. The second kappa shape index (κ2) is 9.94. The van der Waals surface area contributed by atoms with E-state index in [0.29, 0.717) is 27.8 Å². The predicted molar refractivity (Wildman–Crippen MR) is 137 cm³/mol. The van der Waals surface area contributed by atoms with E-state index in [1.807, 2.05) is 0 Å². The van der Waals surface area contributed by atoms with E-state index in [-0.39, 0.29) is 22.0 Å². The lowest BCUT2D eigenvalue weighted by Gasteiger charge is -2.12. The second-order valence-corrected chi connectivity index (χ2v) is 9.57. The molecule has 0 unspecified atom stereocenters.